The van der Waals surface area contributed by atoms with Crippen molar-refractivity contribution in [3.63, 3.8) is 0 Å². The Hall–Kier alpha value is -1.37. The molecular formula is C14H14IN3O. The lowest BCUT2D eigenvalue weighted by atomic mass is 10.2. The van der Waals surface area contributed by atoms with Crippen LogP contribution < -0.4 is 10.9 Å². The molecule has 2 aromatic rings. The summed E-state index contributed by atoms with van der Waals surface area (Å²) < 4.78 is 2.67. The zero-order valence-corrected chi connectivity index (χ0v) is 12.5. The Morgan fingerprint density at radius 3 is 2.68 bits per heavy atom. The first kappa shape index (κ1) is 12.7. The number of halogens is 1. The Morgan fingerprint density at radius 2 is 2.05 bits per heavy atom. The van der Waals surface area contributed by atoms with Gasteiger partial charge in [-0.3, -0.25) is 4.79 Å². The molecule has 0 amide bonds. The van der Waals surface area contributed by atoms with Gasteiger partial charge in [-0.1, -0.05) is 12.1 Å². The highest BCUT2D eigenvalue weighted by atomic mass is 127. The quantitative estimate of drug-likeness (QED) is 0.845. The topological polar surface area (TPSA) is 46.9 Å². The van der Waals surface area contributed by atoms with Gasteiger partial charge in [0.2, 0.25) is 0 Å². The predicted molar refractivity (Wildman–Crippen MR) is 83.4 cm³/mol. The van der Waals surface area contributed by atoms with Gasteiger partial charge in [-0.05, 0) is 53.1 Å². The van der Waals surface area contributed by atoms with Gasteiger partial charge in [0, 0.05) is 15.7 Å². The van der Waals surface area contributed by atoms with Gasteiger partial charge in [-0.25, -0.2) is 4.68 Å². The number of anilines is 1. The lowest BCUT2D eigenvalue weighted by Gasteiger charge is -2.07. The zero-order valence-electron chi connectivity index (χ0n) is 10.3. The second-order valence-corrected chi connectivity index (χ2v) is 6.03. The monoisotopic (exact) mass is 367 g/mol. The van der Waals surface area contributed by atoms with E-state index in [4.69, 9.17) is 0 Å². The van der Waals surface area contributed by atoms with Crippen molar-refractivity contribution in [3.05, 3.63) is 56.0 Å². The van der Waals surface area contributed by atoms with Crippen molar-refractivity contribution in [1.29, 1.82) is 0 Å². The SMILES string of the molecule is O=c1cc(NC2CC2)cnn1Cc1ccc(I)cc1. The van der Waals surface area contributed by atoms with E-state index in [0.29, 0.717) is 12.6 Å². The summed E-state index contributed by atoms with van der Waals surface area (Å²) in [6.45, 7) is 0.513. The largest absolute Gasteiger partial charge is 0.381 e. The molecular weight excluding hydrogens is 353 g/mol. The van der Waals surface area contributed by atoms with Crippen molar-refractivity contribution >= 4 is 28.3 Å². The predicted octanol–water partition coefficient (Wildman–Crippen LogP) is 2.47. The molecule has 1 aromatic heterocycles. The standard InChI is InChI=1S/C14H14IN3O/c15-11-3-1-10(2-4-11)9-18-14(19)7-13(8-16-18)17-12-5-6-12/h1-4,7-8,12,17H,5-6,9H2. The Bertz CT molecular complexity index is 632. The molecule has 1 N–H and O–H groups in total. The highest BCUT2D eigenvalue weighted by molar-refractivity contribution is 14.1. The van der Waals surface area contributed by atoms with Gasteiger partial charge in [0.05, 0.1) is 18.4 Å². The Morgan fingerprint density at radius 1 is 1.32 bits per heavy atom. The number of hydrogen-bond acceptors (Lipinski definition) is 3. The van der Waals surface area contributed by atoms with E-state index >= 15 is 0 Å². The Balaban J connectivity index is 1.76. The molecule has 1 aliphatic rings. The lowest BCUT2D eigenvalue weighted by Crippen LogP contribution is -2.23. The van der Waals surface area contributed by atoms with Crippen LogP contribution in [0.1, 0.15) is 18.4 Å². The minimum absolute atomic E-state index is 0.0656. The van der Waals surface area contributed by atoms with Gasteiger partial charge >= 0.3 is 0 Å². The van der Waals surface area contributed by atoms with Crippen molar-refractivity contribution < 1.29 is 0 Å². The molecule has 0 unspecified atom stereocenters. The summed E-state index contributed by atoms with van der Waals surface area (Å²) in [6, 6.07) is 10.3. The highest BCUT2D eigenvalue weighted by Gasteiger charge is 2.21. The summed E-state index contributed by atoms with van der Waals surface area (Å²) in [5.41, 5.74) is 1.84. The van der Waals surface area contributed by atoms with Gasteiger partial charge in [0.25, 0.3) is 5.56 Å². The first-order valence-corrected chi connectivity index (χ1v) is 7.37. The number of nitrogens with one attached hydrogen (secondary N) is 1. The minimum Gasteiger partial charge on any atom is -0.381 e. The zero-order chi connectivity index (χ0) is 13.2. The average Bonchev–Trinajstić information content (AvgIpc) is 3.19. The molecule has 5 heteroatoms. The van der Waals surface area contributed by atoms with Crippen LogP contribution in [-0.4, -0.2) is 15.8 Å². The summed E-state index contributed by atoms with van der Waals surface area (Å²) in [5, 5.41) is 7.49. The molecule has 1 aromatic carbocycles. The van der Waals surface area contributed by atoms with Crippen LogP contribution in [0.5, 0.6) is 0 Å². The van der Waals surface area contributed by atoms with Gasteiger partial charge in [-0.2, -0.15) is 5.10 Å². The molecule has 1 saturated carbocycles. The molecule has 0 radical (unpaired) electrons. The van der Waals surface area contributed by atoms with E-state index in [9.17, 15) is 4.79 Å². The van der Waals surface area contributed by atoms with Gasteiger partial charge in [0.15, 0.2) is 0 Å². The maximum absolute atomic E-state index is 12.0. The molecule has 19 heavy (non-hydrogen) atoms. The number of aromatic nitrogens is 2. The second-order valence-electron chi connectivity index (χ2n) is 4.79. The Labute approximate surface area is 125 Å². The smallest absolute Gasteiger partial charge is 0.269 e. The summed E-state index contributed by atoms with van der Waals surface area (Å²) in [5.74, 6) is 0. The first-order chi connectivity index (χ1) is 9.20. The average molecular weight is 367 g/mol. The van der Waals surface area contributed by atoms with Gasteiger partial charge < -0.3 is 5.32 Å². The van der Waals surface area contributed by atoms with E-state index in [1.807, 2.05) is 24.3 Å². The third-order valence-corrected chi connectivity index (χ3v) is 3.78. The normalized spacial score (nSPS) is 14.4. The van der Waals surface area contributed by atoms with Crippen LogP contribution in [0.2, 0.25) is 0 Å². The van der Waals surface area contributed by atoms with E-state index in [0.717, 1.165) is 11.3 Å². The van der Waals surface area contributed by atoms with Crippen LogP contribution in [-0.2, 0) is 6.54 Å². The lowest BCUT2D eigenvalue weighted by molar-refractivity contribution is 0.639. The molecule has 98 valence electrons. The van der Waals surface area contributed by atoms with Crippen LogP contribution in [0.15, 0.2) is 41.3 Å². The molecule has 3 rings (SSSR count). The van der Waals surface area contributed by atoms with Crippen molar-refractivity contribution in [2.45, 2.75) is 25.4 Å². The van der Waals surface area contributed by atoms with Crippen LogP contribution in [0, 0.1) is 3.57 Å². The number of hydrogen-bond donors (Lipinski definition) is 1. The summed E-state index contributed by atoms with van der Waals surface area (Å²) in [7, 11) is 0. The van der Waals surface area contributed by atoms with E-state index in [2.05, 4.69) is 33.0 Å². The fourth-order valence-corrected chi connectivity index (χ4v) is 2.22. The molecule has 1 aliphatic carbocycles. The van der Waals surface area contributed by atoms with Crippen LogP contribution in [0.25, 0.3) is 0 Å². The Kier molecular flexibility index (Phi) is 3.54. The first-order valence-electron chi connectivity index (χ1n) is 6.29. The number of benzene rings is 1. The van der Waals surface area contributed by atoms with Crippen molar-refractivity contribution in [2.75, 3.05) is 5.32 Å². The fourth-order valence-electron chi connectivity index (χ4n) is 1.86. The molecule has 0 spiro atoms. The maximum Gasteiger partial charge on any atom is 0.269 e. The minimum atomic E-state index is -0.0656. The molecule has 0 saturated heterocycles. The summed E-state index contributed by atoms with van der Waals surface area (Å²) in [4.78, 5) is 12.0. The van der Waals surface area contributed by atoms with Crippen molar-refractivity contribution in [2.24, 2.45) is 0 Å². The molecule has 0 aliphatic heterocycles. The van der Waals surface area contributed by atoms with Crippen LogP contribution in [0.3, 0.4) is 0 Å². The van der Waals surface area contributed by atoms with Gasteiger partial charge in [-0.15, -0.1) is 0 Å². The van der Waals surface area contributed by atoms with Crippen molar-refractivity contribution in [3.8, 4) is 0 Å². The van der Waals surface area contributed by atoms with Crippen LogP contribution in [0.4, 0.5) is 5.69 Å². The third-order valence-electron chi connectivity index (χ3n) is 3.06. The molecule has 0 bridgehead atoms. The molecule has 1 fully saturated rings. The number of nitrogens with zero attached hydrogens (tertiary/aromatic N) is 2. The van der Waals surface area contributed by atoms with E-state index in [-0.39, 0.29) is 5.56 Å². The maximum atomic E-state index is 12.0. The highest BCUT2D eigenvalue weighted by Crippen LogP contribution is 2.23. The molecule has 1 heterocycles. The van der Waals surface area contributed by atoms with E-state index in [1.165, 1.54) is 21.1 Å². The van der Waals surface area contributed by atoms with Crippen LogP contribution >= 0.6 is 22.6 Å². The fraction of sp³-hybridized carbons (Fsp3) is 0.286. The number of rotatable bonds is 4. The van der Waals surface area contributed by atoms with Crippen molar-refractivity contribution in [1.82, 2.24) is 9.78 Å². The second kappa shape index (κ2) is 5.32. The molecule has 4 nitrogen and oxygen atoms in total. The third kappa shape index (κ3) is 3.34. The van der Waals surface area contributed by atoms with E-state index < -0.39 is 0 Å². The van der Waals surface area contributed by atoms with E-state index in [1.54, 1.807) is 12.3 Å². The summed E-state index contributed by atoms with van der Waals surface area (Å²) >= 11 is 2.26. The van der Waals surface area contributed by atoms with Gasteiger partial charge in [0.1, 0.15) is 0 Å². The molecule has 0 atom stereocenters. The summed E-state index contributed by atoms with van der Waals surface area (Å²) in [6.07, 6.45) is 4.10.